The van der Waals surface area contributed by atoms with E-state index in [1.807, 2.05) is 0 Å². The van der Waals surface area contributed by atoms with E-state index in [1.165, 1.54) is 12.8 Å². The smallest absolute Gasteiger partial charge is 0.303 e. The molecular weight excluding hydrogens is 190 g/mol. The topological polar surface area (TPSA) is 40.5 Å². The van der Waals surface area contributed by atoms with Crippen LogP contribution < -0.4 is 0 Å². The van der Waals surface area contributed by atoms with Crippen LogP contribution in [0, 0.1) is 5.92 Å². The quantitative estimate of drug-likeness (QED) is 0.762. The highest BCUT2D eigenvalue weighted by molar-refractivity contribution is 5.67. The van der Waals surface area contributed by atoms with Crippen molar-refractivity contribution in [1.82, 2.24) is 4.90 Å². The molecule has 0 bridgehead atoms. The minimum Gasteiger partial charge on any atom is -0.481 e. The molecule has 88 valence electrons. The molecule has 0 spiro atoms. The lowest BCUT2D eigenvalue weighted by atomic mass is 9.93. The molecule has 1 N–H and O–H groups in total. The van der Waals surface area contributed by atoms with Crippen molar-refractivity contribution in [3.05, 3.63) is 0 Å². The first-order chi connectivity index (χ1) is 7.17. The molecule has 1 aliphatic heterocycles. The highest BCUT2D eigenvalue weighted by Gasteiger charge is 2.25. The van der Waals surface area contributed by atoms with Gasteiger partial charge in [0.05, 0.1) is 0 Å². The summed E-state index contributed by atoms with van der Waals surface area (Å²) in [6.07, 6.45) is 4.95. The SMILES string of the molecule is CCC(CC)N1CCCC(CC(=O)O)C1. The number of aliphatic carboxylic acids is 1. The Balaban J connectivity index is 2.44. The van der Waals surface area contributed by atoms with Gasteiger partial charge < -0.3 is 10.0 Å². The molecule has 1 heterocycles. The van der Waals surface area contributed by atoms with Gasteiger partial charge in [0.25, 0.3) is 0 Å². The lowest BCUT2D eigenvalue weighted by Crippen LogP contribution is -2.42. The maximum Gasteiger partial charge on any atom is 0.303 e. The maximum absolute atomic E-state index is 10.7. The van der Waals surface area contributed by atoms with Crippen LogP contribution >= 0.6 is 0 Å². The zero-order valence-corrected chi connectivity index (χ0v) is 9.91. The van der Waals surface area contributed by atoms with Crippen LogP contribution in [-0.2, 0) is 4.79 Å². The summed E-state index contributed by atoms with van der Waals surface area (Å²) in [7, 11) is 0. The summed E-state index contributed by atoms with van der Waals surface area (Å²) < 4.78 is 0. The van der Waals surface area contributed by atoms with Crippen LogP contribution in [0.3, 0.4) is 0 Å². The zero-order chi connectivity index (χ0) is 11.3. The molecule has 0 aromatic heterocycles. The van der Waals surface area contributed by atoms with E-state index in [-0.39, 0.29) is 0 Å². The van der Waals surface area contributed by atoms with Crippen molar-refractivity contribution >= 4 is 5.97 Å². The summed E-state index contributed by atoms with van der Waals surface area (Å²) in [6, 6.07) is 0.654. The molecular formula is C12H23NO2. The predicted molar refractivity (Wildman–Crippen MR) is 60.9 cm³/mol. The number of hydrogen-bond donors (Lipinski definition) is 1. The Kier molecular flexibility index (Phi) is 5.09. The molecule has 0 saturated carbocycles. The van der Waals surface area contributed by atoms with Gasteiger partial charge in [-0.1, -0.05) is 13.8 Å². The molecule has 1 aliphatic rings. The predicted octanol–water partition coefficient (Wildman–Crippen LogP) is 2.36. The van der Waals surface area contributed by atoms with Gasteiger partial charge in [-0.2, -0.15) is 0 Å². The van der Waals surface area contributed by atoms with E-state index < -0.39 is 5.97 Å². The van der Waals surface area contributed by atoms with Crippen molar-refractivity contribution in [2.75, 3.05) is 13.1 Å². The first kappa shape index (κ1) is 12.5. The van der Waals surface area contributed by atoms with Crippen molar-refractivity contribution < 1.29 is 9.90 Å². The summed E-state index contributed by atoms with van der Waals surface area (Å²) in [6.45, 7) is 6.57. The van der Waals surface area contributed by atoms with E-state index in [9.17, 15) is 4.79 Å². The Labute approximate surface area is 92.5 Å². The molecule has 3 nitrogen and oxygen atoms in total. The fourth-order valence-electron chi connectivity index (χ4n) is 2.65. The zero-order valence-electron chi connectivity index (χ0n) is 9.91. The van der Waals surface area contributed by atoms with Crippen LogP contribution in [0.5, 0.6) is 0 Å². The molecule has 0 amide bonds. The first-order valence-corrected chi connectivity index (χ1v) is 6.13. The van der Waals surface area contributed by atoms with Gasteiger partial charge in [-0.15, -0.1) is 0 Å². The molecule has 1 fully saturated rings. The van der Waals surface area contributed by atoms with E-state index in [0.29, 0.717) is 18.4 Å². The second-order valence-electron chi connectivity index (χ2n) is 4.57. The van der Waals surface area contributed by atoms with Crippen molar-refractivity contribution in [3.8, 4) is 0 Å². The second-order valence-corrected chi connectivity index (χ2v) is 4.57. The standard InChI is InChI=1S/C12H23NO2/c1-3-11(4-2)13-7-5-6-10(9-13)8-12(14)15/h10-11H,3-9H2,1-2H3,(H,14,15). The average Bonchev–Trinajstić information content (AvgIpc) is 2.19. The van der Waals surface area contributed by atoms with Crippen molar-refractivity contribution in [1.29, 1.82) is 0 Å². The van der Waals surface area contributed by atoms with Crippen LogP contribution in [0.15, 0.2) is 0 Å². The molecule has 0 radical (unpaired) electrons. The van der Waals surface area contributed by atoms with E-state index in [0.717, 1.165) is 25.9 Å². The fourth-order valence-corrected chi connectivity index (χ4v) is 2.65. The van der Waals surface area contributed by atoms with E-state index in [4.69, 9.17) is 5.11 Å². The summed E-state index contributed by atoms with van der Waals surface area (Å²) >= 11 is 0. The Bertz CT molecular complexity index is 202. The van der Waals surface area contributed by atoms with Gasteiger partial charge >= 0.3 is 5.97 Å². The second kappa shape index (κ2) is 6.11. The van der Waals surface area contributed by atoms with Gasteiger partial charge in [-0.05, 0) is 38.1 Å². The normalized spacial score (nSPS) is 23.3. The van der Waals surface area contributed by atoms with Gasteiger partial charge in [-0.3, -0.25) is 4.79 Å². The third-order valence-corrected chi connectivity index (χ3v) is 3.47. The summed E-state index contributed by atoms with van der Waals surface area (Å²) in [5, 5.41) is 8.79. The number of hydrogen-bond acceptors (Lipinski definition) is 2. The Morgan fingerprint density at radius 3 is 2.67 bits per heavy atom. The average molecular weight is 213 g/mol. The van der Waals surface area contributed by atoms with Gasteiger partial charge in [0, 0.05) is 19.0 Å². The molecule has 0 aromatic rings. The van der Waals surface area contributed by atoms with E-state index in [2.05, 4.69) is 18.7 Å². The van der Waals surface area contributed by atoms with Crippen LogP contribution in [0.1, 0.15) is 46.0 Å². The van der Waals surface area contributed by atoms with Crippen LogP contribution in [0.25, 0.3) is 0 Å². The lowest BCUT2D eigenvalue weighted by Gasteiger charge is -2.37. The van der Waals surface area contributed by atoms with Gasteiger partial charge in [-0.25, -0.2) is 0 Å². The first-order valence-electron chi connectivity index (χ1n) is 6.13. The molecule has 0 aliphatic carbocycles. The number of rotatable bonds is 5. The van der Waals surface area contributed by atoms with Gasteiger partial charge in [0.1, 0.15) is 0 Å². The monoisotopic (exact) mass is 213 g/mol. The summed E-state index contributed by atoms with van der Waals surface area (Å²) in [5.74, 6) is -0.275. The number of piperidine rings is 1. The van der Waals surface area contributed by atoms with Crippen LogP contribution in [-0.4, -0.2) is 35.1 Å². The van der Waals surface area contributed by atoms with Crippen molar-refractivity contribution in [3.63, 3.8) is 0 Å². The molecule has 1 atom stereocenters. The number of carboxylic acids is 1. The maximum atomic E-state index is 10.7. The van der Waals surface area contributed by atoms with Crippen LogP contribution in [0.4, 0.5) is 0 Å². The molecule has 0 aromatic carbocycles. The molecule has 1 saturated heterocycles. The van der Waals surface area contributed by atoms with Crippen molar-refractivity contribution in [2.24, 2.45) is 5.92 Å². The fraction of sp³-hybridized carbons (Fsp3) is 0.917. The minimum atomic E-state index is -0.647. The molecule has 1 rings (SSSR count). The van der Waals surface area contributed by atoms with Crippen molar-refractivity contribution in [2.45, 2.75) is 52.0 Å². The largest absolute Gasteiger partial charge is 0.481 e. The Hall–Kier alpha value is -0.570. The lowest BCUT2D eigenvalue weighted by molar-refractivity contribution is -0.138. The summed E-state index contributed by atoms with van der Waals surface area (Å²) in [4.78, 5) is 13.1. The number of likely N-dealkylation sites (tertiary alicyclic amines) is 1. The third-order valence-electron chi connectivity index (χ3n) is 3.47. The minimum absolute atomic E-state index is 0.344. The molecule has 15 heavy (non-hydrogen) atoms. The van der Waals surface area contributed by atoms with Crippen LogP contribution in [0.2, 0.25) is 0 Å². The highest BCUT2D eigenvalue weighted by Crippen LogP contribution is 2.23. The van der Waals surface area contributed by atoms with E-state index in [1.54, 1.807) is 0 Å². The Morgan fingerprint density at radius 1 is 1.47 bits per heavy atom. The Morgan fingerprint density at radius 2 is 2.13 bits per heavy atom. The molecule has 3 heteroatoms. The highest BCUT2D eigenvalue weighted by atomic mass is 16.4. The third kappa shape index (κ3) is 3.82. The van der Waals surface area contributed by atoms with Gasteiger partial charge in [0.2, 0.25) is 0 Å². The van der Waals surface area contributed by atoms with Gasteiger partial charge in [0.15, 0.2) is 0 Å². The number of carboxylic acid groups (broad SMARTS) is 1. The number of nitrogens with zero attached hydrogens (tertiary/aromatic N) is 1. The number of carbonyl (C=O) groups is 1. The van der Waals surface area contributed by atoms with E-state index >= 15 is 0 Å². The summed E-state index contributed by atoms with van der Waals surface area (Å²) in [5.41, 5.74) is 0. The molecule has 1 unspecified atom stereocenters.